The van der Waals surface area contributed by atoms with Crippen LogP contribution < -0.4 is 0 Å². The van der Waals surface area contributed by atoms with Crippen molar-refractivity contribution in [3.05, 3.63) is 23.0 Å². The molecule has 1 aliphatic carbocycles. The molecule has 0 bridgehead atoms. The zero-order valence-corrected chi connectivity index (χ0v) is 7.09. The number of halogens is 1. The van der Waals surface area contributed by atoms with Crippen molar-refractivity contribution >= 4 is 6.09 Å². The third kappa shape index (κ3) is 1.32. The maximum Gasteiger partial charge on any atom is 0.407 e. The van der Waals surface area contributed by atoms with E-state index in [1.165, 1.54) is 4.90 Å². The number of carboxylic acid groups (broad SMARTS) is 1. The van der Waals surface area contributed by atoms with Crippen molar-refractivity contribution in [2.75, 3.05) is 13.1 Å². The molecule has 1 saturated heterocycles. The molecule has 1 amide bonds. The quantitative estimate of drug-likeness (QED) is 0.623. The van der Waals surface area contributed by atoms with Crippen LogP contribution in [-0.4, -0.2) is 29.2 Å². The number of allylic oxidation sites excluding steroid dienone is 2. The SMILES string of the molecule is O=C(O)N1CC2=CCCC(F)=C2C1. The summed E-state index contributed by atoms with van der Waals surface area (Å²) in [7, 11) is 0. The standard InChI is InChI=1S/C9H10FNO2/c10-8-3-1-2-6-4-11(9(12)13)5-7(6)8/h2H,1,3-5H2,(H,12,13). The number of likely N-dealkylation sites (tertiary alicyclic amines) is 1. The van der Waals surface area contributed by atoms with Crippen LogP contribution in [-0.2, 0) is 0 Å². The average Bonchev–Trinajstić information content (AvgIpc) is 2.49. The molecule has 2 rings (SSSR count). The molecule has 1 N–H and O–H groups in total. The lowest BCUT2D eigenvalue weighted by molar-refractivity contribution is 0.158. The fraction of sp³-hybridized carbons (Fsp3) is 0.444. The Labute approximate surface area is 75.1 Å². The molecular weight excluding hydrogens is 173 g/mol. The second-order valence-electron chi connectivity index (χ2n) is 3.29. The van der Waals surface area contributed by atoms with Gasteiger partial charge in [0.1, 0.15) is 5.83 Å². The maximum atomic E-state index is 13.2. The smallest absolute Gasteiger partial charge is 0.407 e. The van der Waals surface area contributed by atoms with Gasteiger partial charge in [0.2, 0.25) is 0 Å². The predicted molar refractivity (Wildman–Crippen MR) is 45.0 cm³/mol. The summed E-state index contributed by atoms with van der Waals surface area (Å²) in [4.78, 5) is 11.8. The summed E-state index contributed by atoms with van der Waals surface area (Å²) in [5, 5.41) is 8.70. The molecule has 13 heavy (non-hydrogen) atoms. The van der Waals surface area contributed by atoms with Gasteiger partial charge in [-0.2, -0.15) is 0 Å². The van der Waals surface area contributed by atoms with Gasteiger partial charge in [-0.1, -0.05) is 6.08 Å². The van der Waals surface area contributed by atoms with Gasteiger partial charge in [0.25, 0.3) is 0 Å². The van der Waals surface area contributed by atoms with E-state index in [2.05, 4.69) is 0 Å². The predicted octanol–water partition coefficient (Wildman–Crippen LogP) is 1.92. The van der Waals surface area contributed by atoms with Gasteiger partial charge in [0, 0.05) is 18.5 Å². The molecule has 0 spiro atoms. The molecule has 1 heterocycles. The first kappa shape index (κ1) is 8.29. The minimum atomic E-state index is -0.976. The zero-order chi connectivity index (χ0) is 9.42. The van der Waals surface area contributed by atoms with Gasteiger partial charge >= 0.3 is 6.09 Å². The maximum absolute atomic E-state index is 13.2. The summed E-state index contributed by atoms with van der Waals surface area (Å²) in [6.45, 7) is 0.561. The molecule has 3 nitrogen and oxygen atoms in total. The second-order valence-corrected chi connectivity index (χ2v) is 3.29. The Morgan fingerprint density at radius 3 is 2.92 bits per heavy atom. The molecule has 1 aliphatic heterocycles. The first-order valence-corrected chi connectivity index (χ1v) is 4.23. The van der Waals surface area contributed by atoms with Crippen molar-refractivity contribution in [1.82, 2.24) is 4.90 Å². The van der Waals surface area contributed by atoms with Crippen LogP contribution in [0.3, 0.4) is 0 Å². The van der Waals surface area contributed by atoms with Crippen LogP contribution >= 0.6 is 0 Å². The summed E-state index contributed by atoms with van der Waals surface area (Å²) in [6.07, 6.45) is 2.07. The van der Waals surface area contributed by atoms with Crippen molar-refractivity contribution < 1.29 is 14.3 Å². The van der Waals surface area contributed by atoms with E-state index in [1.54, 1.807) is 0 Å². The monoisotopic (exact) mass is 183 g/mol. The summed E-state index contributed by atoms with van der Waals surface area (Å²) in [5.74, 6) is -0.138. The summed E-state index contributed by atoms with van der Waals surface area (Å²) in [6, 6.07) is 0. The van der Waals surface area contributed by atoms with E-state index in [1.807, 2.05) is 6.08 Å². The second kappa shape index (κ2) is 2.87. The number of hydrogen-bond donors (Lipinski definition) is 1. The largest absolute Gasteiger partial charge is 0.465 e. The highest BCUT2D eigenvalue weighted by atomic mass is 19.1. The fourth-order valence-electron chi connectivity index (χ4n) is 1.76. The Kier molecular flexibility index (Phi) is 1.83. The van der Waals surface area contributed by atoms with Gasteiger partial charge in [-0.3, -0.25) is 4.90 Å². The topological polar surface area (TPSA) is 40.5 Å². The minimum absolute atomic E-state index is 0.138. The number of carbonyl (C=O) groups is 1. The van der Waals surface area contributed by atoms with E-state index in [0.29, 0.717) is 25.0 Å². The Balaban J connectivity index is 2.27. The first-order valence-electron chi connectivity index (χ1n) is 4.23. The molecule has 0 radical (unpaired) electrons. The minimum Gasteiger partial charge on any atom is -0.465 e. The van der Waals surface area contributed by atoms with E-state index >= 15 is 0 Å². The lowest BCUT2D eigenvalue weighted by Gasteiger charge is -2.08. The zero-order valence-electron chi connectivity index (χ0n) is 7.09. The van der Waals surface area contributed by atoms with Crippen LogP contribution in [0.25, 0.3) is 0 Å². The van der Waals surface area contributed by atoms with Gasteiger partial charge in [-0.05, 0) is 12.0 Å². The van der Waals surface area contributed by atoms with E-state index < -0.39 is 6.09 Å². The van der Waals surface area contributed by atoms with Crippen molar-refractivity contribution in [1.29, 1.82) is 0 Å². The van der Waals surface area contributed by atoms with Gasteiger partial charge in [-0.25, -0.2) is 9.18 Å². The molecule has 4 heteroatoms. The third-order valence-corrected chi connectivity index (χ3v) is 2.45. The molecule has 0 saturated carbocycles. The van der Waals surface area contributed by atoms with E-state index in [0.717, 1.165) is 5.57 Å². The van der Waals surface area contributed by atoms with Crippen molar-refractivity contribution in [2.24, 2.45) is 0 Å². The molecule has 0 atom stereocenters. The Hall–Kier alpha value is -1.32. The number of amides is 1. The van der Waals surface area contributed by atoms with E-state index in [-0.39, 0.29) is 12.4 Å². The number of nitrogens with zero attached hydrogens (tertiary/aromatic N) is 1. The molecule has 0 unspecified atom stereocenters. The molecule has 1 fully saturated rings. The van der Waals surface area contributed by atoms with E-state index in [4.69, 9.17) is 5.11 Å². The Morgan fingerprint density at radius 2 is 2.31 bits per heavy atom. The van der Waals surface area contributed by atoms with Crippen LogP contribution in [0.2, 0.25) is 0 Å². The van der Waals surface area contributed by atoms with Crippen molar-refractivity contribution in [3.8, 4) is 0 Å². The highest BCUT2D eigenvalue weighted by molar-refractivity contribution is 5.68. The van der Waals surface area contributed by atoms with Gasteiger partial charge < -0.3 is 5.11 Å². The van der Waals surface area contributed by atoms with Crippen molar-refractivity contribution in [3.63, 3.8) is 0 Å². The number of rotatable bonds is 0. The van der Waals surface area contributed by atoms with Gasteiger partial charge in [0.05, 0.1) is 6.54 Å². The highest BCUT2D eigenvalue weighted by Gasteiger charge is 2.29. The van der Waals surface area contributed by atoms with Gasteiger partial charge in [-0.15, -0.1) is 0 Å². The number of fused-ring (bicyclic) bond motifs is 1. The van der Waals surface area contributed by atoms with Crippen LogP contribution in [0.5, 0.6) is 0 Å². The number of hydrogen-bond acceptors (Lipinski definition) is 1. The van der Waals surface area contributed by atoms with Gasteiger partial charge in [0.15, 0.2) is 0 Å². The lowest BCUT2D eigenvalue weighted by Crippen LogP contribution is -2.25. The first-order chi connectivity index (χ1) is 6.18. The third-order valence-electron chi connectivity index (χ3n) is 2.45. The van der Waals surface area contributed by atoms with Crippen molar-refractivity contribution in [2.45, 2.75) is 12.8 Å². The fourth-order valence-corrected chi connectivity index (χ4v) is 1.76. The molecule has 2 aliphatic rings. The Morgan fingerprint density at radius 1 is 1.54 bits per heavy atom. The molecule has 0 aromatic rings. The molecular formula is C9H10FNO2. The molecule has 0 aromatic carbocycles. The summed E-state index contributed by atoms with van der Waals surface area (Å²) < 4.78 is 13.2. The van der Waals surface area contributed by atoms with Crippen LogP contribution in [0.15, 0.2) is 23.0 Å². The van der Waals surface area contributed by atoms with Crippen LogP contribution in [0, 0.1) is 0 Å². The normalized spacial score (nSPS) is 21.6. The van der Waals surface area contributed by atoms with E-state index in [9.17, 15) is 9.18 Å². The summed E-state index contributed by atoms with van der Waals surface area (Å²) >= 11 is 0. The average molecular weight is 183 g/mol. The summed E-state index contributed by atoms with van der Waals surface area (Å²) in [5.41, 5.74) is 1.44. The highest BCUT2D eigenvalue weighted by Crippen LogP contribution is 2.31. The van der Waals surface area contributed by atoms with Crippen LogP contribution in [0.4, 0.5) is 9.18 Å². The molecule has 70 valence electrons. The molecule has 0 aromatic heterocycles. The van der Waals surface area contributed by atoms with Crippen LogP contribution in [0.1, 0.15) is 12.8 Å². The Bertz CT molecular complexity index is 320. The lowest BCUT2D eigenvalue weighted by atomic mass is 10.00.